The minimum atomic E-state index is -4.57. The fourth-order valence-electron chi connectivity index (χ4n) is 3.52. The first kappa shape index (κ1) is 21.0. The van der Waals surface area contributed by atoms with Gasteiger partial charge in [-0.3, -0.25) is 10.1 Å². The molecule has 0 bridgehead atoms. The molecule has 0 radical (unpaired) electrons. The van der Waals surface area contributed by atoms with Crippen LogP contribution in [0.5, 0.6) is 5.75 Å². The third-order valence-electron chi connectivity index (χ3n) is 5.24. The largest absolute Gasteiger partial charge is 0.490 e. The van der Waals surface area contributed by atoms with Crippen molar-refractivity contribution in [2.45, 2.75) is 25.1 Å². The Hall–Kier alpha value is -3.27. The zero-order valence-electron chi connectivity index (χ0n) is 16.6. The second kappa shape index (κ2) is 8.10. The Morgan fingerprint density at radius 3 is 2.58 bits per heavy atom. The summed E-state index contributed by atoms with van der Waals surface area (Å²) in [4.78, 5) is 21.0. The fraction of sp³-hybridized carbons (Fsp3) is 0.333. The predicted octanol–water partition coefficient (Wildman–Crippen LogP) is 4.70. The van der Waals surface area contributed by atoms with E-state index < -0.39 is 16.7 Å². The van der Waals surface area contributed by atoms with Crippen LogP contribution < -0.4 is 4.74 Å². The minimum absolute atomic E-state index is 0.0346. The van der Waals surface area contributed by atoms with Gasteiger partial charge in [0.25, 0.3) is 5.69 Å². The van der Waals surface area contributed by atoms with E-state index in [4.69, 9.17) is 4.74 Å². The summed E-state index contributed by atoms with van der Waals surface area (Å²) in [5.74, 6) is 0.134. The molecule has 0 N–H and O–H groups in total. The Morgan fingerprint density at radius 2 is 1.90 bits per heavy atom. The normalized spacial score (nSPS) is 15.9. The van der Waals surface area contributed by atoms with E-state index in [-0.39, 0.29) is 34.4 Å². The second-order valence-electron chi connectivity index (χ2n) is 7.56. The van der Waals surface area contributed by atoms with Gasteiger partial charge in [0.15, 0.2) is 5.82 Å². The van der Waals surface area contributed by atoms with Crippen LogP contribution in [0.1, 0.15) is 18.4 Å². The van der Waals surface area contributed by atoms with Gasteiger partial charge in [0.05, 0.1) is 16.0 Å². The summed E-state index contributed by atoms with van der Waals surface area (Å²) in [6.07, 6.45) is -1.88. The number of fused-ring (bicyclic) bond motifs is 1. The van der Waals surface area contributed by atoms with Crippen LogP contribution in [0.15, 0.2) is 42.6 Å². The number of nitrogens with zero attached hydrogens (tertiary/aromatic N) is 4. The molecule has 0 aliphatic carbocycles. The number of ether oxygens (including phenoxy) is 1. The zero-order chi connectivity index (χ0) is 22.2. The van der Waals surface area contributed by atoms with Gasteiger partial charge in [-0.1, -0.05) is 0 Å². The van der Waals surface area contributed by atoms with Gasteiger partial charge in [-0.05, 0) is 44.2 Å². The number of non-ortho nitro benzene ring substituents is 1. The van der Waals surface area contributed by atoms with Crippen molar-refractivity contribution >= 4 is 16.6 Å². The Morgan fingerprint density at radius 1 is 1.16 bits per heavy atom. The van der Waals surface area contributed by atoms with Crippen LogP contribution in [-0.4, -0.2) is 46.0 Å². The van der Waals surface area contributed by atoms with Crippen molar-refractivity contribution in [2.24, 2.45) is 0 Å². The van der Waals surface area contributed by atoms with Crippen molar-refractivity contribution in [2.75, 3.05) is 20.1 Å². The van der Waals surface area contributed by atoms with E-state index >= 15 is 0 Å². The highest BCUT2D eigenvalue weighted by Crippen LogP contribution is 2.36. The molecule has 162 valence electrons. The fourth-order valence-corrected chi connectivity index (χ4v) is 3.52. The number of halogens is 3. The summed E-state index contributed by atoms with van der Waals surface area (Å²) in [6.45, 7) is 1.62. The van der Waals surface area contributed by atoms with E-state index in [2.05, 4.69) is 14.9 Å². The summed E-state index contributed by atoms with van der Waals surface area (Å²) < 4.78 is 46.4. The van der Waals surface area contributed by atoms with Crippen molar-refractivity contribution in [3.8, 4) is 17.1 Å². The van der Waals surface area contributed by atoms with Gasteiger partial charge in [-0.2, -0.15) is 13.2 Å². The molecule has 1 aliphatic rings. The van der Waals surface area contributed by atoms with E-state index in [1.807, 2.05) is 7.05 Å². The van der Waals surface area contributed by atoms with Gasteiger partial charge >= 0.3 is 6.18 Å². The maximum atomic E-state index is 13.5. The molecule has 3 aromatic rings. The summed E-state index contributed by atoms with van der Waals surface area (Å²) in [6, 6.07) is 7.51. The van der Waals surface area contributed by atoms with Crippen molar-refractivity contribution in [3.05, 3.63) is 58.3 Å². The molecule has 0 unspecified atom stereocenters. The van der Waals surface area contributed by atoms with E-state index in [9.17, 15) is 23.3 Å². The SMILES string of the molecule is CN1CCC(Oc2cc(-c3ncc4ccc([N+](=O)[O-])cc4n3)cc(C(F)(F)F)c2)CC1. The standard InChI is InChI=1S/C21H19F3N4O3/c1-27-6-4-17(5-7-27)31-18-9-14(8-15(10-18)21(22,23)24)20-25-12-13-2-3-16(28(29)30)11-19(13)26-20/h2-3,8-12,17H,4-7H2,1H3. The van der Waals surface area contributed by atoms with Crippen molar-refractivity contribution in [3.63, 3.8) is 0 Å². The molecular weight excluding hydrogens is 413 g/mol. The first-order valence-electron chi connectivity index (χ1n) is 9.68. The number of hydrogen-bond acceptors (Lipinski definition) is 6. The third-order valence-corrected chi connectivity index (χ3v) is 5.24. The maximum absolute atomic E-state index is 13.5. The summed E-state index contributed by atoms with van der Waals surface area (Å²) in [5.41, 5.74) is -0.622. The van der Waals surface area contributed by atoms with Gasteiger partial charge in [0, 0.05) is 42.4 Å². The number of rotatable bonds is 4. The molecular formula is C21H19F3N4O3. The highest BCUT2D eigenvalue weighted by atomic mass is 19.4. The number of piperidine rings is 1. The monoisotopic (exact) mass is 432 g/mol. The van der Waals surface area contributed by atoms with Crippen LogP contribution in [0.2, 0.25) is 0 Å². The van der Waals surface area contributed by atoms with Gasteiger partial charge in [-0.25, -0.2) is 9.97 Å². The van der Waals surface area contributed by atoms with Crippen LogP contribution in [0.3, 0.4) is 0 Å². The molecule has 7 nitrogen and oxygen atoms in total. The minimum Gasteiger partial charge on any atom is -0.490 e. The molecule has 31 heavy (non-hydrogen) atoms. The number of alkyl halides is 3. The van der Waals surface area contributed by atoms with E-state index in [1.54, 1.807) is 0 Å². The molecule has 0 saturated carbocycles. The highest BCUT2D eigenvalue weighted by Gasteiger charge is 2.32. The van der Waals surface area contributed by atoms with Crippen LogP contribution in [-0.2, 0) is 6.18 Å². The van der Waals surface area contributed by atoms with E-state index in [0.29, 0.717) is 5.39 Å². The lowest BCUT2D eigenvalue weighted by atomic mass is 10.1. The third kappa shape index (κ3) is 4.74. The molecule has 0 spiro atoms. The highest BCUT2D eigenvalue weighted by molar-refractivity contribution is 5.82. The predicted molar refractivity (Wildman–Crippen MR) is 108 cm³/mol. The summed E-state index contributed by atoms with van der Waals surface area (Å²) in [7, 11) is 1.99. The molecule has 1 saturated heterocycles. The number of aromatic nitrogens is 2. The van der Waals surface area contributed by atoms with Gasteiger partial charge in [0.2, 0.25) is 0 Å². The van der Waals surface area contributed by atoms with Crippen LogP contribution in [0.25, 0.3) is 22.3 Å². The van der Waals surface area contributed by atoms with Crippen LogP contribution in [0, 0.1) is 10.1 Å². The number of likely N-dealkylation sites (tertiary alicyclic amines) is 1. The van der Waals surface area contributed by atoms with Gasteiger partial charge < -0.3 is 9.64 Å². The number of hydrogen-bond donors (Lipinski definition) is 0. The molecule has 2 heterocycles. The lowest BCUT2D eigenvalue weighted by Gasteiger charge is -2.29. The number of nitro groups is 1. The Bertz CT molecular complexity index is 1130. The molecule has 4 rings (SSSR count). The first-order valence-corrected chi connectivity index (χ1v) is 9.68. The van der Waals surface area contributed by atoms with E-state index in [1.165, 1.54) is 30.5 Å². The van der Waals surface area contributed by atoms with E-state index in [0.717, 1.165) is 38.1 Å². The van der Waals surface area contributed by atoms with Crippen LogP contribution in [0.4, 0.5) is 18.9 Å². The second-order valence-corrected chi connectivity index (χ2v) is 7.56. The molecule has 1 aliphatic heterocycles. The lowest BCUT2D eigenvalue weighted by molar-refractivity contribution is -0.384. The van der Waals surface area contributed by atoms with Crippen molar-refractivity contribution < 1.29 is 22.8 Å². The smallest absolute Gasteiger partial charge is 0.416 e. The molecule has 2 aromatic carbocycles. The molecule has 0 amide bonds. The molecule has 10 heteroatoms. The van der Waals surface area contributed by atoms with Crippen LogP contribution >= 0.6 is 0 Å². The van der Waals surface area contributed by atoms with Gasteiger partial charge in [0.1, 0.15) is 11.9 Å². The number of benzene rings is 2. The average Bonchev–Trinajstić information content (AvgIpc) is 2.73. The summed E-state index contributed by atoms with van der Waals surface area (Å²) in [5, 5.41) is 11.6. The van der Waals surface area contributed by atoms with Crippen molar-refractivity contribution in [1.29, 1.82) is 0 Å². The average molecular weight is 432 g/mol. The quantitative estimate of drug-likeness (QED) is 0.439. The van der Waals surface area contributed by atoms with Gasteiger partial charge in [-0.15, -0.1) is 0 Å². The molecule has 1 aromatic heterocycles. The zero-order valence-corrected chi connectivity index (χ0v) is 16.6. The lowest BCUT2D eigenvalue weighted by Crippen LogP contribution is -2.35. The molecule has 1 fully saturated rings. The Balaban J connectivity index is 1.73. The Labute approximate surface area is 175 Å². The number of nitro benzene ring substituents is 1. The van der Waals surface area contributed by atoms with Crippen molar-refractivity contribution in [1.82, 2.24) is 14.9 Å². The Kier molecular flexibility index (Phi) is 5.48. The molecule has 0 atom stereocenters. The topological polar surface area (TPSA) is 81.4 Å². The first-order chi connectivity index (χ1) is 14.7. The maximum Gasteiger partial charge on any atom is 0.416 e. The summed E-state index contributed by atoms with van der Waals surface area (Å²) >= 11 is 0.